The standard InChI is InChI=1S/C17H25NO/c1-2-6-14-7-5-8-15(13-14)17(19)11-10-16-9-3-4-12-18-16/h5,7-8,13,16,18H,2-4,6,9-12H2,1H3. The number of rotatable bonds is 6. The number of hydrogen-bond acceptors (Lipinski definition) is 2. The first-order chi connectivity index (χ1) is 9.29. The summed E-state index contributed by atoms with van der Waals surface area (Å²) in [5.41, 5.74) is 2.17. The molecule has 1 aliphatic heterocycles. The van der Waals surface area contributed by atoms with Crippen LogP contribution >= 0.6 is 0 Å². The van der Waals surface area contributed by atoms with Crippen molar-refractivity contribution in [2.24, 2.45) is 0 Å². The normalized spacial score (nSPS) is 19.3. The molecule has 0 saturated carbocycles. The molecule has 0 aromatic heterocycles. The van der Waals surface area contributed by atoms with Gasteiger partial charge < -0.3 is 5.32 Å². The summed E-state index contributed by atoms with van der Waals surface area (Å²) in [4.78, 5) is 12.2. The molecule has 2 rings (SSSR count). The number of hydrogen-bond donors (Lipinski definition) is 1. The van der Waals surface area contributed by atoms with Crippen molar-refractivity contribution in [1.29, 1.82) is 0 Å². The van der Waals surface area contributed by atoms with Gasteiger partial charge in [0, 0.05) is 18.0 Å². The zero-order valence-corrected chi connectivity index (χ0v) is 12.0. The summed E-state index contributed by atoms with van der Waals surface area (Å²) in [5, 5.41) is 3.51. The molecular weight excluding hydrogens is 234 g/mol. The Morgan fingerprint density at radius 2 is 2.26 bits per heavy atom. The van der Waals surface area contributed by atoms with Crippen LogP contribution in [0, 0.1) is 0 Å². The van der Waals surface area contributed by atoms with E-state index in [1.165, 1.54) is 24.8 Å². The quantitative estimate of drug-likeness (QED) is 0.788. The van der Waals surface area contributed by atoms with Crippen molar-refractivity contribution in [2.45, 2.75) is 57.9 Å². The largest absolute Gasteiger partial charge is 0.314 e. The van der Waals surface area contributed by atoms with E-state index in [1.54, 1.807) is 0 Å². The molecule has 0 aliphatic carbocycles. The maximum Gasteiger partial charge on any atom is 0.162 e. The highest BCUT2D eigenvalue weighted by molar-refractivity contribution is 5.96. The fourth-order valence-electron chi connectivity index (χ4n) is 2.81. The second-order valence-electron chi connectivity index (χ2n) is 5.56. The molecule has 1 atom stereocenters. The van der Waals surface area contributed by atoms with Crippen molar-refractivity contribution in [1.82, 2.24) is 5.32 Å². The molecule has 0 amide bonds. The Morgan fingerprint density at radius 1 is 1.37 bits per heavy atom. The lowest BCUT2D eigenvalue weighted by Crippen LogP contribution is -2.34. The molecule has 2 nitrogen and oxygen atoms in total. The maximum atomic E-state index is 12.2. The SMILES string of the molecule is CCCc1cccc(C(=O)CCC2CCCCN2)c1. The molecule has 1 N–H and O–H groups in total. The number of benzene rings is 1. The molecular formula is C17H25NO. The van der Waals surface area contributed by atoms with Crippen molar-refractivity contribution < 1.29 is 4.79 Å². The first-order valence-electron chi connectivity index (χ1n) is 7.65. The number of carbonyl (C=O) groups excluding carboxylic acids is 1. The summed E-state index contributed by atoms with van der Waals surface area (Å²) < 4.78 is 0. The van der Waals surface area contributed by atoms with Gasteiger partial charge in [0.2, 0.25) is 0 Å². The molecule has 1 aromatic rings. The molecule has 0 radical (unpaired) electrons. The molecule has 19 heavy (non-hydrogen) atoms. The molecule has 1 aliphatic rings. The zero-order chi connectivity index (χ0) is 13.5. The fraction of sp³-hybridized carbons (Fsp3) is 0.588. The molecule has 0 bridgehead atoms. The van der Waals surface area contributed by atoms with Crippen LogP contribution in [-0.2, 0) is 6.42 Å². The molecule has 0 spiro atoms. The predicted molar refractivity (Wildman–Crippen MR) is 79.6 cm³/mol. The minimum atomic E-state index is 0.297. The molecule has 1 fully saturated rings. The van der Waals surface area contributed by atoms with Gasteiger partial charge in [0.15, 0.2) is 5.78 Å². The highest BCUT2D eigenvalue weighted by Gasteiger charge is 2.14. The molecule has 1 saturated heterocycles. The summed E-state index contributed by atoms with van der Waals surface area (Å²) in [6, 6.07) is 8.70. The van der Waals surface area contributed by atoms with Gasteiger partial charge in [-0.15, -0.1) is 0 Å². The number of ketones is 1. The number of piperidine rings is 1. The van der Waals surface area contributed by atoms with E-state index in [2.05, 4.69) is 24.4 Å². The number of carbonyl (C=O) groups is 1. The smallest absolute Gasteiger partial charge is 0.162 e. The highest BCUT2D eigenvalue weighted by atomic mass is 16.1. The lowest BCUT2D eigenvalue weighted by Gasteiger charge is -2.23. The van der Waals surface area contributed by atoms with Gasteiger partial charge >= 0.3 is 0 Å². The second-order valence-corrected chi connectivity index (χ2v) is 5.56. The van der Waals surface area contributed by atoms with Gasteiger partial charge in [-0.05, 0) is 43.9 Å². The summed E-state index contributed by atoms with van der Waals surface area (Å²) >= 11 is 0. The van der Waals surface area contributed by atoms with Crippen LogP contribution in [0.1, 0.15) is 61.4 Å². The van der Waals surface area contributed by atoms with Crippen LogP contribution in [-0.4, -0.2) is 18.4 Å². The number of aryl methyl sites for hydroxylation is 1. The Hall–Kier alpha value is -1.15. The predicted octanol–water partition coefficient (Wildman–Crippen LogP) is 3.74. The summed E-state index contributed by atoms with van der Waals surface area (Å²) in [6.45, 7) is 3.29. The van der Waals surface area contributed by atoms with Crippen LogP contribution in [0.4, 0.5) is 0 Å². The number of nitrogens with one attached hydrogen (secondary N) is 1. The first-order valence-corrected chi connectivity index (χ1v) is 7.65. The van der Waals surface area contributed by atoms with Gasteiger partial charge in [0.05, 0.1) is 0 Å². The van der Waals surface area contributed by atoms with Gasteiger partial charge in [-0.25, -0.2) is 0 Å². The van der Waals surface area contributed by atoms with Crippen LogP contribution in [0.5, 0.6) is 0 Å². The Kier molecular flexibility index (Phi) is 5.59. The Bertz CT molecular complexity index is 407. The highest BCUT2D eigenvalue weighted by Crippen LogP contribution is 2.15. The first kappa shape index (κ1) is 14.3. The van der Waals surface area contributed by atoms with Gasteiger partial charge in [0.1, 0.15) is 0 Å². The Morgan fingerprint density at radius 3 is 3.00 bits per heavy atom. The van der Waals surface area contributed by atoms with Crippen molar-refractivity contribution in [3.05, 3.63) is 35.4 Å². The van der Waals surface area contributed by atoms with Gasteiger partial charge in [-0.3, -0.25) is 4.79 Å². The van der Waals surface area contributed by atoms with E-state index in [9.17, 15) is 4.79 Å². The second kappa shape index (κ2) is 7.44. The van der Waals surface area contributed by atoms with Crippen molar-refractivity contribution in [2.75, 3.05) is 6.54 Å². The van der Waals surface area contributed by atoms with Crippen LogP contribution in [0.25, 0.3) is 0 Å². The summed E-state index contributed by atoms with van der Waals surface area (Å²) in [5.74, 6) is 0.297. The molecule has 1 heterocycles. The minimum absolute atomic E-state index is 0.297. The molecule has 104 valence electrons. The van der Waals surface area contributed by atoms with Gasteiger partial charge in [-0.1, -0.05) is 38.0 Å². The third-order valence-electron chi connectivity index (χ3n) is 3.92. The van der Waals surface area contributed by atoms with Crippen molar-refractivity contribution in [3.8, 4) is 0 Å². The van der Waals surface area contributed by atoms with E-state index in [-0.39, 0.29) is 0 Å². The van der Waals surface area contributed by atoms with E-state index in [0.29, 0.717) is 18.2 Å². The van der Waals surface area contributed by atoms with E-state index in [1.807, 2.05) is 12.1 Å². The Labute approximate surface area is 116 Å². The average Bonchev–Trinajstić information content (AvgIpc) is 2.46. The lowest BCUT2D eigenvalue weighted by atomic mass is 9.96. The van der Waals surface area contributed by atoms with Crippen LogP contribution in [0.3, 0.4) is 0 Å². The monoisotopic (exact) mass is 259 g/mol. The fourth-order valence-corrected chi connectivity index (χ4v) is 2.81. The average molecular weight is 259 g/mol. The van der Waals surface area contributed by atoms with Crippen molar-refractivity contribution in [3.63, 3.8) is 0 Å². The van der Waals surface area contributed by atoms with Crippen LogP contribution in [0.15, 0.2) is 24.3 Å². The van der Waals surface area contributed by atoms with E-state index in [4.69, 9.17) is 0 Å². The van der Waals surface area contributed by atoms with Crippen molar-refractivity contribution >= 4 is 5.78 Å². The minimum Gasteiger partial charge on any atom is -0.314 e. The third-order valence-corrected chi connectivity index (χ3v) is 3.92. The topological polar surface area (TPSA) is 29.1 Å². The third kappa shape index (κ3) is 4.46. The van der Waals surface area contributed by atoms with Crippen LogP contribution in [0.2, 0.25) is 0 Å². The van der Waals surface area contributed by atoms with E-state index in [0.717, 1.165) is 31.4 Å². The lowest BCUT2D eigenvalue weighted by molar-refractivity contribution is 0.0974. The van der Waals surface area contributed by atoms with Crippen LogP contribution < -0.4 is 5.32 Å². The van der Waals surface area contributed by atoms with Gasteiger partial charge in [-0.2, -0.15) is 0 Å². The van der Waals surface area contributed by atoms with E-state index < -0.39 is 0 Å². The Balaban J connectivity index is 1.86. The molecule has 2 heteroatoms. The van der Waals surface area contributed by atoms with Gasteiger partial charge in [0.25, 0.3) is 0 Å². The summed E-state index contributed by atoms with van der Waals surface area (Å²) in [6.07, 6.45) is 7.66. The molecule has 1 aromatic carbocycles. The maximum absolute atomic E-state index is 12.2. The summed E-state index contributed by atoms with van der Waals surface area (Å²) in [7, 11) is 0. The molecule has 1 unspecified atom stereocenters. The number of Topliss-reactive ketones (excluding diaryl/α,β-unsaturated/α-hetero) is 1. The zero-order valence-electron chi connectivity index (χ0n) is 12.0. The van der Waals surface area contributed by atoms with E-state index >= 15 is 0 Å².